The minimum absolute atomic E-state index is 0.0154. The van der Waals surface area contributed by atoms with Crippen molar-refractivity contribution >= 4 is 23.7 Å². The quantitative estimate of drug-likeness (QED) is 0.429. The van der Waals surface area contributed by atoms with Crippen LogP contribution in [-0.2, 0) is 23.9 Å². The van der Waals surface area contributed by atoms with E-state index in [2.05, 4.69) is 29.0 Å². The van der Waals surface area contributed by atoms with Crippen LogP contribution in [0.5, 0.6) is 0 Å². The predicted octanol–water partition coefficient (Wildman–Crippen LogP) is 2.11. The summed E-state index contributed by atoms with van der Waals surface area (Å²) in [5.74, 6) is -0.416. The minimum atomic E-state index is -0.664. The molecule has 228 valence electrons. The fraction of sp³-hybridized carbons (Fsp3) is 0.867. The Morgan fingerprint density at radius 3 is 2.15 bits per heavy atom. The molecule has 0 aromatic carbocycles. The SMILES string of the molecule is COC(=O)[C@@H]1CCCN1C(=O)[C@H]1CCCN1C[C@H](C(C)C)N(C)C(=O)[C@@H](NC(=O)[C@H]1CCCCN1C)C(C)(C)C. The van der Waals surface area contributed by atoms with Crippen LogP contribution in [0.25, 0.3) is 0 Å². The summed E-state index contributed by atoms with van der Waals surface area (Å²) < 4.78 is 4.96. The molecule has 5 atom stereocenters. The summed E-state index contributed by atoms with van der Waals surface area (Å²) in [4.78, 5) is 61.0. The van der Waals surface area contributed by atoms with Crippen molar-refractivity contribution in [2.24, 2.45) is 11.3 Å². The summed E-state index contributed by atoms with van der Waals surface area (Å²) in [5, 5.41) is 3.12. The molecular weight excluding hydrogens is 510 g/mol. The van der Waals surface area contributed by atoms with E-state index in [0.29, 0.717) is 19.5 Å². The van der Waals surface area contributed by atoms with Crippen molar-refractivity contribution < 1.29 is 23.9 Å². The Balaban J connectivity index is 1.74. The molecule has 0 bridgehead atoms. The third-order valence-corrected chi connectivity index (χ3v) is 9.17. The highest BCUT2D eigenvalue weighted by molar-refractivity contribution is 5.91. The summed E-state index contributed by atoms with van der Waals surface area (Å²) in [7, 11) is 5.17. The number of carbonyl (C=O) groups excluding carboxylic acids is 4. The van der Waals surface area contributed by atoms with E-state index in [4.69, 9.17) is 4.74 Å². The topological polar surface area (TPSA) is 102 Å². The Morgan fingerprint density at radius 2 is 1.55 bits per heavy atom. The number of esters is 1. The average molecular weight is 564 g/mol. The van der Waals surface area contributed by atoms with Crippen molar-refractivity contribution in [3.63, 3.8) is 0 Å². The largest absolute Gasteiger partial charge is 0.467 e. The smallest absolute Gasteiger partial charge is 0.328 e. The molecule has 3 aliphatic rings. The fourth-order valence-corrected chi connectivity index (χ4v) is 6.61. The molecule has 3 rings (SSSR count). The van der Waals surface area contributed by atoms with Crippen molar-refractivity contribution in [3.05, 3.63) is 0 Å². The molecule has 0 aromatic heterocycles. The molecule has 0 aromatic rings. The van der Waals surface area contributed by atoms with Crippen LogP contribution in [0.3, 0.4) is 0 Å². The van der Waals surface area contributed by atoms with E-state index in [1.807, 2.05) is 34.9 Å². The van der Waals surface area contributed by atoms with Crippen molar-refractivity contribution in [3.8, 4) is 0 Å². The Morgan fingerprint density at radius 1 is 0.925 bits per heavy atom. The first-order valence-corrected chi connectivity index (χ1v) is 15.2. The third kappa shape index (κ3) is 7.35. The highest BCUT2D eigenvalue weighted by Crippen LogP contribution is 2.28. The van der Waals surface area contributed by atoms with Gasteiger partial charge < -0.3 is 19.9 Å². The Hall–Kier alpha value is -2.20. The summed E-state index contributed by atoms with van der Waals surface area (Å²) in [5.41, 5.74) is -0.472. The second-order valence-electron chi connectivity index (χ2n) is 13.4. The highest BCUT2D eigenvalue weighted by Gasteiger charge is 2.43. The first-order valence-electron chi connectivity index (χ1n) is 15.2. The van der Waals surface area contributed by atoms with Crippen molar-refractivity contribution in [2.75, 3.05) is 47.4 Å². The molecule has 0 radical (unpaired) electrons. The van der Waals surface area contributed by atoms with Gasteiger partial charge in [0.05, 0.1) is 19.2 Å². The number of rotatable bonds is 9. The van der Waals surface area contributed by atoms with E-state index < -0.39 is 17.5 Å². The molecule has 1 N–H and O–H groups in total. The maximum Gasteiger partial charge on any atom is 0.328 e. The molecule has 0 unspecified atom stereocenters. The van der Waals surface area contributed by atoms with Crippen LogP contribution in [0.2, 0.25) is 0 Å². The molecule has 3 heterocycles. The number of likely N-dealkylation sites (N-methyl/N-ethyl adjacent to an activating group) is 2. The van der Waals surface area contributed by atoms with Crippen LogP contribution < -0.4 is 5.32 Å². The number of piperidine rings is 1. The molecular formula is C30H53N5O5. The van der Waals surface area contributed by atoms with Crippen LogP contribution in [0.1, 0.15) is 79.6 Å². The van der Waals surface area contributed by atoms with E-state index >= 15 is 0 Å². The number of methoxy groups -OCH3 is 1. The highest BCUT2D eigenvalue weighted by atomic mass is 16.5. The van der Waals surface area contributed by atoms with Gasteiger partial charge in [0.2, 0.25) is 17.7 Å². The van der Waals surface area contributed by atoms with Gasteiger partial charge in [-0.2, -0.15) is 0 Å². The van der Waals surface area contributed by atoms with Gasteiger partial charge in [0, 0.05) is 26.2 Å². The molecule has 3 saturated heterocycles. The van der Waals surface area contributed by atoms with Crippen LogP contribution in [0, 0.1) is 11.3 Å². The Labute approximate surface area is 241 Å². The summed E-state index contributed by atoms with van der Waals surface area (Å²) in [6, 6.07) is -1.84. The zero-order valence-electron chi connectivity index (χ0n) is 26.1. The lowest BCUT2D eigenvalue weighted by molar-refractivity contribution is -0.152. The third-order valence-electron chi connectivity index (χ3n) is 9.17. The van der Waals surface area contributed by atoms with Gasteiger partial charge in [0.25, 0.3) is 0 Å². The van der Waals surface area contributed by atoms with Crippen LogP contribution in [0.15, 0.2) is 0 Å². The van der Waals surface area contributed by atoms with Crippen LogP contribution in [-0.4, -0.2) is 121 Å². The van der Waals surface area contributed by atoms with E-state index in [0.717, 1.165) is 51.6 Å². The standard InChI is InChI=1S/C30H53N5O5/c1-20(2)24(19-34-17-11-14-22(34)27(37)35-18-12-15-23(35)29(39)40-8)33(7)28(38)25(30(3,4)5)31-26(36)21-13-9-10-16-32(21)6/h20-25H,9-19H2,1-8H3,(H,31,36)/t21-,22-,23+,24-,25-/m1/s1. The van der Waals surface area contributed by atoms with Gasteiger partial charge in [0.15, 0.2) is 0 Å². The number of hydrogen-bond donors (Lipinski definition) is 1. The summed E-state index contributed by atoms with van der Waals surface area (Å²) in [6.45, 7) is 12.9. The molecule has 10 heteroatoms. The lowest BCUT2D eigenvalue weighted by atomic mass is 9.84. The number of ether oxygens (including phenoxy) is 1. The van der Waals surface area contributed by atoms with Crippen LogP contribution in [0.4, 0.5) is 0 Å². The molecule has 0 saturated carbocycles. The van der Waals surface area contributed by atoms with E-state index in [1.54, 1.807) is 9.80 Å². The Bertz CT molecular complexity index is 919. The van der Waals surface area contributed by atoms with E-state index in [1.165, 1.54) is 7.11 Å². The molecule has 10 nitrogen and oxygen atoms in total. The molecule has 0 aliphatic carbocycles. The normalized spacial score (nSPS) is 26.0. The van der Waals surface area contributed by atoms with E-state index in [9.17, 15) is 19.2 Å². The van der Waals surface area contributed by atoms with Crippen LogP contribution >= 0.6 is 0 Å². The van der Waals surface area contributed by atoms with Gasteiger partial charge in [-0.1, -0.05) is 41.0 Å². The monoisotopic (exact) mass is 563 g/mol. The zero-order valence-corrected chi connectivity index (χ0v) is 26.1. The number of nitrogens with zero attached hydrogens (tertiary/aromatic N) is 4. The molecule has 3 aliphatic heterocycles. The maximum atomic E-state index is 14.0. The number of amides is 3. The molecule has 40 heavy (non-hydrogen) atoms. The van der Waals surface area contributed by atoms with Gasteiger partial charge in [-0.25, -0.2) is 4.79 Å². The minimum Gasteiger partial charge on any atom is -0.467 e. The Kier molecular flexibility index (Phi) is 11.0. The maximum absolute atomic E-state index is 14.0. The number of nitrogens with one attached hydrogen (secondary N) is 1. The summed E-state index contributed by atoms with van der Waals surface area (Å²) in [6.07, 6.45) is 5.96. The average Bonchev–Trinajstić information content (AvgIpc) is 3.58. The number of carbonyl (C=O) groups is 4. The lowest BCUT2D eigenvalue weighted by Gasteiger charge is -2.41. The van der Waals surface area contributed by atoms with E-state index in [-0.39, 0.29) is 47.7 Å². The van der Waals surface area contributed by atoms with Crippen molar-refractivity contribution in [1.29, 1.82) is 0 Å². The predicted molar refractivity (Wildman–Crippen MR) is 154 cm³/mol. The molecule has 3 amide bonds. The van der Waals surface area contributed by atoms with Gasteiger partial charge in [-0.05, 0) is 70.0 Å². The van der Waals surface area contributed by atoms with Gasteiger partial charge in [-0.15, -0.1) is 0 Å². The lowest BCUT2D eigenvalue weighted by Crippen LogP contribution is -2.61. The van der Waals surface area contributed by atoms with Gasteiger partial charge in [0.1, 0.15) is 12.1 Å². The number of hydrogen-bond acceptors (Lipinski definition) is 7. The summed E-state index contributed by atoms with van der Waals surface area (Å²) >= 11 is 0. The second-order valence-corrected chi connectivity index (χ2v) is 13.4. The van der Waals surface area contributed by atoms with Gasteiger partial charge >= 0.3 is 5.97 Å². The molecule has 0 spiro atoms. The van der Waals surface area contributed by atoms with Crippen molar-refractivity contribution in [2.45, 2.75) is 110 Å². The fourth-order valence-electron chi connectivity index (χ4n) is 6.61. The first kappa shape index (κ1) is 32.3. The first-order chi connectivity index (χ1) is 18.8. The zero-order chi connectivity index (χ0) is 29.8. The number of likely N-dealkylation sites (tertiary alicyclic amines) is 3. The second kappa shape index (κ2) is 13.6. The van der Waals surface area contributed by atoms with Gasteiger partial charge in [-0.3, -0.25) is 24.2 Å². The molecule has 3 fully saturated rings. The van der Waals surface area contributed by atoms with Crippen molar-refractivity contribution in [1.82, 2.24) is 24.9 Å².